The van der Waals surface area contributed by atoms with Crippen molar-refractivity contribution in [3.8, 4) is 11.3 Å². The Morgan fingerprint density at radius 3 is 2.50 bits per heavy atom. The van der Waals surface area contributed by atoms with Gasteiger partial charge in [-0.3, -0.25) is 4.79 Å². The van der Waals surface area contributed by atoms with Crippen molar-refractivity contribution in [1.29, 1.82) is 0 Å². The zero-order valence-corrected chi connectivity index (χ0v) is 18.9. The lowest BCUT2D eigenvalue weighted by molar-refractivity contribution is -0.329. The lowest BCUT2D eigenvalue weighted by Gasteiger charge is -2.46. The molecule has 32 heavy (non-hydrogen) atoms. The van der Waals surface area contributed by atoms with Gasteiger partial charge in [0.25, 0.3) is 0 Å². The van der Waals surface area contributed by atoms with Crippen LogP contribution in [0.1, 0.15) is 70.4 Å². The lowest BCUT2D eigenvalue weighted by atomic mass is 9.91. The van der Waals surface area contributed by atoms with E-state index >= 15 is 0 Å². The number of aliphatic carboxylic acids is 1. The first-order chi connectivity index (χ1) is 15.5. The predicted octanol–water partition coefficient (Wildman–Crippen LogP) is 5.95. The predicted molar refractivity (Wildman–Crippen MR) is 121 cm³/mol. The summed E-state index contributed by atoms with van der Waals surface area (Å²) >= 11 is 0. The van der Waals surface area contributed by atoms with Crippen molar-refractivity contribution < 1.29 is 23.8 Å². The number of benzene rings is 1. The van der Waals surface area contributed by atoms with Crippen molar-refractivity contribution in [2.24, 2.45) is 0 Å². The fraction of sp³-hybridized carbons (Fsp3) is 0.577. The molecule has 2 aliphatic rings. The Kier molecular flexibility index (Phi) is 7.31. The summed E-state index contributed by atoms with van der Waals surface area (Å²) in [6, 6.07) is 10.9. The largest absolute Gasteiger partial charge is 0.481 e. The Balaban J connectivity index is 1.52. The number of carboxylic acids is 1. The molecule has 1 aliphatic heterocycles. The minimum absolute atomic E-state index is 0.0209. The average molecular weight is 444 g/mol. The molecule has 0 radical (unpaired) electrons. The minimum atomic E-state index is -0.823. The summed E-state index contributed by atoms with van der Waals surface area (Å²) in [6.45, 7) is 2.94. The highest BCUT2D eigenvalue weighted by molar-refractivity contribution is 5.67. The molecule has 1 aromatic heterocycles. The van der Waals surface area contributed by atoms with Gasteiger partial charge in [0.1, 0.15) is 5.82 Å². The molecule has 1 aliphatic carbocycles. The number of aryl methyl sites for hydroxylation is 1. The molecule has 1 saturated carbocycles. The number of hydrogen-bond acceptors (Lipinski definition) is 3. The maximum Gasteiger partial charge on any atom is 0.305 e. The zero-order chi connectivity index (χ0) is 22.6. The Morgan fingerprint density at radius 1 is 1.09 bits per heavy atom. The van der Waals surface area contributed by atoms with Crippen LogP contribution in [-0.2, 0) is 27.2 Å². The van der Waals surface area contributed by atoms with Crippen molar-refractivity contribution in [1.82, 2.24) is 4.57 Å². The molecule has 2 aromatic rings. The molecule has 6 heteroatoms. The summed E-state index contributed by atoms with van der Waals surface area (Å²) in [5, 5.41) is 9.34. The van der Waals surface area contributed by atoms with E-state index in [2.05, 4.69) is 23.6 Å². The van der Waals surface area contributed by atoms with Crippen LogP contribution in [0.2, 0.25) is 0 Å². The highest BCUT2D eigenvalue weighted by Crippen LogP contribution is 2.40. The third kappa shape index (κ3) is 5.41. The van der Waals surface area contributed by atoms with Crippen LogP contribution in [0.4, 0.5) is 4.39 Å². The molecule has 0 amide bonds. The number of ether oxygens (including phenoxy) is 2. The summed E-state index contributed by atoms with van der Waals surface area (Å²) in [7, 11) is 0. The van der Waals surface area contributed by atoms with Crippen molar-refractivity contribution in [2.45, 2.75) is 95.7 Å². The van der Waals surface area contributed by atoms with Crippen molar-refractivity contribution in [3.05, 3.63) is 47.9 Å². The Morgan fingerprint density at radius 2 is 1.81 bits per heavy atom. The molecule has 0 bridgehead atoms. The molecular formula is C26H34FNO4. The maximum absolute atomic E-state index is 13.4. The monoisotopic (exact) mass is 443 g/mol. The van der Waals surface area contributed by atoms with Crippen LogP contribution in [0.15, 0.2) is 36.4 Å². The highest BCUT2D eigenvalue weighted by atomic mass is 19.1. The van der Waals surface area contributed by atoms with Crippen LogP contribution < -0.4 is 0 Å². The minimum Gasteiger partial charge on any atom is -0.481 e. The average Bonchev–Trinajstić information content (AvgIpc) is 3.15. The van der Waals surface area contributed by atoms with E-state index in [4.69, 9.17) is 9.47 Å². The molecule has 1 spiro atoms. The third-order valence-electron chi connectivity index (χ3n) is 6.70. The van der Waals surface area contributed by atoms with Gasteiger partial charge in [-0.15, -0.1) is 0 Å². The number of rotatable bonds is 8. The molecule has 2 fully saturated rings. The lowest BCUT2D eigenvalue weighted by Crippen LogP contribution is -2.50. The molecule has 174 valence electrons. The van der Waals surface area contributed by atoms with Gasteiger partial charge in [0.05, 0.1) is 18.6 Å². The van der Waals surface area contributed by atoms with Gasteiger partial charge in [-0.2, -0.15) is 0 Å². The van der Waals surface area contributed by atoms with Gasteiger partial charge >= 0.3 is 5.97 Å². The summed E-state index contributed by atoms with van der Waals surface area (Å²) in [4.78, 5) is 11.4. The standard InChI is InChI=1S/C26H34FNO4/c1-2-6-21-11-12-24(19-7-9-20(27)10-8-19)28(21)16-13-22-17-23(18-25(29)30)32-26(31-22)14-4-3-5-15-26/h7-12,22-23H,2-6,13-18H2,1H3,(H,29,30). The van der Waals surface area contributed by atoms with Crippen LogP contribution in [-0.4, -0.2) is 33.6 Å². The van der Waals surface area contributed by atoms with E-state index in [0.717, 1.165) is 62.7 Å². The van der Waals surface area contributed by atoms with Gasteiger partial charge in [0, 0.05) is 37.2 Å². The SMILES string of the molecule is CCCc1ccc(-c2ccc(F)cc2)n1CCC1CC(CC(=O)O)OC2(CCCCC2)O1. The second-order valence-electron chi connectivity index (χ2n) is 9.19. The van der Waals surface area contributed by atoms with Crippen LogP contribution in [0.3, 0.4) is 0 Å². The Hall–Kier alpha value is -2.18. The number of nitrogens with zero attached hydrogens (tertiary/aromatic N) is 1. The first kappa shape index (κ1) is 23.0. The van der Waals surface area contributed by atoms with E-state index in [1.807, 2.05) is 12.1 Å². The van der Waals surface area contributed by atoms with E-state index in [1.54, 1.807) is 0 Å². The second kappa shape index (κ2) is 10.2. The van der Waals surface area contributed by atoms with Gasteiger partial charge in [-0.25, -0.2) is 4.39 Å². The molecule has 1 saturated heterocycles. The number of carbonyl (C=O) groups is 1. The van der Waals surface area contributed by atoms with E-state index in [-0.39, 0.29) is 24.4 Å². The molecule has 5 nitrogen and oxygen atoms in total. The number of halogens is 1. The number of carboxylic acid groups (broad SMARTS) is 1. The molecule has 4 rings (SSSR count). The van der Waals surface area contributed by atoms with Crippen molar-refractivity contribution in [3.63, 3.8) is 0 Å². The van der Waals surface area contributed by atoms with Crippen LogP contribution in [0.25, 0.3) is 11.3 Å². The van der Waals surface area contributed by atoms with Crippen LogP contribution in [0.5, 0.6) is 0 Å². The molecular weight excluding hydrogens is 409 g/mol. The van der Waals surface area contributed by atoms with Crippen molar-refractivity contribution in [2.75, 3.05) is 0 Å². The molecule has 1 aromatic carbocycles. The number of aromatic nitrogens is 1. The number of hydrogen-bond donors (Lipinski definition) is 1. The highest BCUT2D eigenvalue weighted by Gasteiger charge is 2.43. The van der Waals surface area contributed by atoms with Gasteiger partial charge in [-0.05, 0) is 67.6 Å². The Bertz CT molecular complexity index is 901. The molecule has 2 heterocycles. The maximum atomic E-state index is 13.4. The summed E-state index contributed by atoms with van der Waals surface area (Å²) in [5.41, 5.74) is 3.33. The van der Waals surface area contributed by atoms with Gasteiger partial charge in [0.15, 0.2) is 5.79 Å². The zero-order valence-electron chi connectivity index (χ0n) is 18.9. The van der Waals surface area contributed by atoms with Gasteiger partial charge in [-0.1, -0.05) is 19.8 Å². The fourth-order valence-electron chi connectivity index (χ4n) is 5.24. The quantitative estimate of drug-likeness (QED) is 0.548. The van der Waals surface area contributed by atoms with Gasteiger partial charge < -0.3 is 19.1 Å². The van der Waals surface area contributed by atoms with Crippen LogP contribution in [0, 0.1) is 5.82 Å². The molecule has 1 N–H and O–H groups in total. The molecule has 2 unspecified atom stereocenters. The summed E-state index contributed by atoms with van der Waals surface area (Å²) in [6.07, 6.45) is 8.05. The van der Waals surface area contributed by atoms with Gasteiger partial charge in [0.2, 0.25) is 0 Å². The third-order valence-corrected chi connectivity index (χ3v) is 6.70. The molecule has 2 atom stereocenters. The normalized spacial score (nSPS) is 22.8. The van der Waals surface area contributed by atoms with Crippen molar-refractivity contribution >= 4 is 5.97 Å². The Labute approximate surface area is 189 Å². The topological polar surface area (TPSA) is 60.7 Å². The summed E-state index contributed by atoms with van der Waals surface area (Å²) < 4.78 is 28.5. The first-order valence-electron chi connectivity index (χ1n) is 12.0. The smallest absolute Gasteiger partial charge is 0.305 e. The fourth-order valence-corrected chi connectivity index (χ4v) is 5.24. The van der Waals surface area contributed by atoms with E-state index in [1.165, 1.54) is 24.2 Å². The summed E-state index contributed by atoms with van der Waals surface area (Å²) in [5.74, 6) is -1.68. The second-order valence-corrected chi connectivity index (χ2v) is 9.19. The van der Waals surface area contributed by atoms with E-state index < -0.39 is 11.8 Å². The first-order valence-corrected chi connectivity index (χ1v) is 12.0. The van der Waals surface area contributed by atoms with E-state index in [0.29, 0.717) is 6.42 Å². The van der Waals surface area contributed by atoms with Crippen LogP contribution >= 0.6 is 0 Å². The van der Waals surface area contributed by atoms with E-state index in [9.17, 15) is 14.3 Å².